The number of hydrogen-bond donors (Lipinski definition) is 3. The quantitative estimate of drug-likeness (QED) is 0.349. The SMILES string of the molecule is Nc1ccc(C(=O)Nc2cc([N+](=O)[O-])ccc2Cl)cc1O. The van der Waals surface area contributed by atoms with Gasteiger partial charge in [0.25, 0.3) is 11.6 Å². The van der Waals surface area contributed by atoms with Crippen LogP contribution in [0.4, 0.5) is 17.1 Å². The number of phenolic OH excluding ortho intramolecular Hbond substituents is 1. The van der Waals surface area contributed by atoms with Gasteiger partial charge < -0.3 is 16.2 Å². The van der Waals surface area contributed by atoms with Gasteiger partial charge in [-0.2, -0.15) is 0 Å². The van der Waals surface area contributed by atoms with Gasteiger partial charge in [0, 0.05) is 17.7 Å². The maximum absolute atomic E-state index is 12.0. The normalized spacial score (nSPS) is 10.1. The number of nitro benzene ring substituents is 1. The third-order valence-electron chi connectivity index (χ3n) is 2.70. The minimum absolute atomic E-state index is 0.104. The number of hydrogen-bond acceptors (Lipinski definition) is 5. The van der Waals surface area contributed by atoms with Crippen molar-refractivity contribution in [2.75, 3.05) is 11.1 Å². The van der Waals surface area contributed by atoms with E-state index in [0.29, 0.717) is 0 Å². The van der Waals surface area contributed by atoms with Crippen LogP contribution in [0.3, 0.4) is 0 Å². The fourth-order valence-electron chi connectivity index (χ4n) is 1.60. The molecule has 8 heteroatoms. The molecule has 108 valence electrons. The summed E-state index contributed by atoms with van der Waals surface area (Å²) in [6, 6.07) is 7.67. The maximum Gasteiger partial charge on any atom is 0.271 e. The number of anilines is 2. The summed E-state index contributed by atoms with van der Waals surface area (Å²) in [5.74, 6) is -0.805. The highest BCUT2D eigenvalue weighted by molar-refractivity contribution is 6.34. The summed E-state index contributed by atoms with van der Waals surface area (Å²) >= 11 is 5.88. The number of nitrogens with one attached hydrogen (secondary N) is 1. The van der Waals surface area contributed by atoms with E-state index < -0.39 is 10.8 Å². The minimum atomic E-state index is -0.596. The fraction of sp³-hybridized carbons (Fsp3) is 0. The predicted octanol–water partition coefficient (Wildman–Crippen LogP) is 2.79. The first kappa shape index (κ1) is 14.6. The Labute approximate surface area is 124 Å². The molecule has 4 N–H and O–H groups in total. The largest absolute Gasteiger partial charge is 0.506 e. The van der Waals surface area contributed by atoms with Crippen molar-refractivity contribution in [2.24, 2.45) is 0 Å². The summed E-state index contributed by atoms with van der Waals surface area (Å²) in [5.41, 5.74) is 5.63. The molecule has 0 aliphatic rings. The molecule has 0 saturated heterocycles. The van der Waals surface area contributed by atoms with E-state index in [-0.39, 0.29) is 33.4 Å². The van der Waals surface area contributed by atoms with E-state index >= 15 is 0 Å². The molecule has 7 nitrogen and oxygen atoms in total. The number of benzene rings is 2. The number of carbonyl (C=O) groups is 1. The zero-order valence-electron chi connectivity index (χ0n) is 10.5. The summed E-state index contributed by atoms with van der Waals surface area (Å²) in [5, 5.41) is 22.8. The molecule has 2 rings (SSSR count). The van der Waals surface area contributed by atoms with Gasteiger partial charge in [-0.05, 0) is 24.3 Å². The van der Waals surface area contributed by atoms with Gasteiger partial charge in [-0.1, -0.05) is 11.6 Å². The predicted molar refractivity (Wildman–Crippen MR) is 78.6 cm³/mol. The van der Waals surface area contributed by atoms with Crippen molar-refractivity contribution in [3.8, 4) is 5.75 Å². The van der Waals surface area contributed by atoms with E-state index in [9.17, 15) is 20.0 Å². The number of nitrogens with zero attached hydrogens (tertiary/aromatic N) is 1. The van der Waals surface area contributed by atoms with E-state index in [4.69, 9.17) is 17.3 Å². The molecule has 0 aliphatic heterocycles. The number of phenols is 1. The Bertz CT molecular complexity index is 733. The van der Waals surface area contributed by atoms with Crippen LogP contribution in [0.1, 0.15) is 10.4 Å². The van der Waals surface area contributed by atoms with Crippen LogP contribution in [0.25, 0.3) is 0 Å². The molecule has 0 bridgehead atoms. The van der Waals surface area contributed by atoms with Gasteiger partial charge in [-0.25, -0.2) is 0 Å². The molecular weight excluding hydrogens is 298 g/mol. The van der Waals surface area contributed by atoms with Crippen molar-refractivity contribution in [3.05, 3.63) is 57.1 Å². The Kier molecular flexibility index (Phi) is 3.95. The van der Waals surface area contributed by atoms with Gasteiger partial charge in [0.05, 0.1) is 21.3 Å². The first-order chi connectivity index (χ1) is 9.88. The lowest BCUT2D eigenvalue weighted by Gasteiger charge is -2.08. The Morgan fingerprint density at radius 3 is 2.62 bits per heavy atom. The zero-order valence-corrected chi connectivity index (χ0v) is 11.3. The van der Waals surface area contributed by atoms with Crippen molar-refractivity contribution in [1.82, 2.24) is 0 Å². The van der Waals surface area contributed by atoms with Crippen molar-refractivity contribution in [2.45, 2.75) is 0 Å². The van der Waals surface area contributed by atoms with Crippen LogP contribution in [0, 0.1) is 10.1 Å². The van der Waals surface area contributed by atoms with Crippen LogP contribution in [0.2, 0.25) is 5.02 Å². The number of rotatable bonds is 3. The lowest BCUT2D eigenvalue weighted by molar-refractivity contribution is -0.384. The molecule has 2 aromatic carbocycles. The van der Waals surface area contributed by atoms with Crippen molar-refractivity contribution in [1.29, 1.82) is 0 Å². The van der Waals surface area contributed by atoms with E-state index in [2.05, 4.69) is 5.32 Å². The average molecular weight is 308 g/mol. The third kappa shape index (κ3) is 3.21. The second-order valence-electron chi connectivity index (χ2n) is 4.15. The molecule has 0 atom stereocenters. The monoisotopic (exact) mass is 307 g/mol. The summed E-state index contributed by atoms with van der Waals surface area (Å²) in [6.45, 7) is 0. The number of nitrogen functional groups attached to an aromatic ring is 1. The van der Waals surface area contributed by atoms with E-state index in [1.54, 1.807) is 0 Å². The molecule has 0 radical (unpaired) electrons. The van der Waals surface area contributed by atoms with Crippen LogP contribution in [0.5, 0.6) is 5.75 Å². The number of nitrogens with two attached hydrogens (primary N) is 1. The summed E-state index contributed by atoms with van der Waals surface area (Å²) in [4.78, 5) is 22.1. The smallest absolute Gasteiger partial charge is 0.271 e. The Balaban J connectivity index is 2.28. The highest BCUT2D eigenvalue weighted by Gasteiger charge is 2.14. The number of amides is 1. The van der Waals surface area contributed by atoms with Crippen LogP contribution in [0.15, 0.2) is 36.4 Å². The van der Waals surface area contributed by atoms with Gasteiger partial charge in [0.2, 0.25) is 0 Å². The highest BCUT2D eigenvalue weighted by Crippen LogP contribution is 2.28. The molecule has 0 unspecified atom stereocenters. The van der Waals surface area contributed by atoms with Gasteiger partial charge >= 0.3 is 0 Å². The molecule has 1 amide bonds. The minimum Gasteiger partial charge on any atom is -0.506 e. The average Bonchev–Trinajstić information content (AvgIpc) is 2.43. The van der Waals surface area contributed by atoms with Crippen molar-refractivity contribution in [3.63, 3.8) is 0 Å². The summed E-state index contributed by atoms with van der Waals surface area (Å²) in [6.07, 6.45) is 0. The first-order valence-electron chi connectivity index (χ1n) is 5.72. The van der Waals surface area contributed by atoms with Gasteiger partial charge in [0.15, 0.2) is 0 Å². The summed E-state index contributed by atoms with van der Waals surface area (Å²) < 4.78 is 0. The number of carbonyl (C=O) groups excluding carboxylic acids is 1. The standard InChI is InChI=1S/C13H10ClN3O4/c14-9-3-2-8(17(20)21)6-11(9)16-13(19)7-1-4-10(15)12(18)5-7/h1-6,18H,15H2,(H,16,19). The molecule has 0 aliphatic carbocycles. The Morgan fingerprint density at radius 2 is 2.00 bits per heavy atom. The van der Waals surface area contributed by atoms with Crippen LogP contribution < -0.4 is 11.1 Å². The Hall–Kier alpha value is -2.80. The third-order valence-corrected chi connectivity index (χ3v) is 3.03. The molecular formula is C13H10ClN3O4. The zero-order chi connectivity index (χ0) is 15.6. The van der Waals surface area contributed by atoms with Gasteiger partial charge in [0.1, 0.15) is 5.75 Å². The lowest BCUT2D eigenvalue weighted by Crippen LogP contribution is -2.12. The number of nitro groups is 1. The molecule has 21 heavy (non-hydrogen) atoms. The van der Waals surface area contributed by atoms with E-state index in [1.165, 1.54) is 30.3 Å². The molecule has 0 spiro atoms. The van der Waals surface area contributed by atoms with E-state index in [1.807, 2.05) is 0 Å². The van der Waals surface area contributed by atoms with Crippen molar-refractivity contribution < 1.29 is 14.8 Å². The second kappa shape index (κ2) is 5.68. The molecule has 0 aromatic heterocycles. The summed E-state index contributed by atoms with van der Waals surface area (Å²) in [7, 11) is 0. The van der Waals surface area contributed by atoms with Gasteiger partial charge in [-0.15, -0.1) is 0 Å². The molecule has 0 saturated carbocycles. The van der Waals surface area contributed by atoms with E-state index in [0.717, 1.165) is 6.07 Å². The number of non-ortho nitro benzene ring substituents is 1. The van der Waals surface area contributed by atoms with Crippen LogP contribution in [-0.4, -0.2) is 15.9 Å². The second-order valence-corrected chi connectivity index (χ2v) is 4.56. The van der Waals surface area contributed by atoms with Crippen LogP contribution >= 0.6 is 11.6 Å². The van der Waals surface area contributed by atoms with Crippen LogP contribution in [-0.2, 0) is 0 Å². The van der Waals surface area contributed by atoms with Crippen molar-refractivity contribution >= 4 is 34.6 Å². The first-order valence-corrected chi connectivity index (χ1v) is 6.10. The Morgan fingerprint density at radius 1 is 1.29 bits per heavy atom. The number of halogens is 1. The molecule has 0 heterocycles. The molecule has 2 aromatic rings. The lowest BCUT2D eigenvalue weighted by atomic mass is 10.1. The topological polar surface area (TPSA) is 118 Å². The van der Waals surface area contributed by atoms with Gasteiger partial charge in [-0.3, -0.25) is 14.9 Å². The molecule has 0 fully saturated rings. The fourth-order valence-corrected chi connectivity index (χ4v) is 1.77. The number of aromatic hydroxyl groups is 1. The maximum atomic E-state index is 12.0. The highest BCUT2D eigenvalue weighted by atomic mass is 35.5.